The molecule has 1 aromatic heterocycles. The quantitative estimate of drug-likeness (QED) is 0.160. The number of hydrogen-bond donors (Lipinski definition) is 0. The summed E-state index contributed by atoms with van der Waals surface area (Å²) in [6.07, 6.45) is 0. The molecule has 262 valence electrons. The van der Waals surface area contributed by atoms with E-state index in [1.54, 1.807) is 0 Å². The number of rotatable bonds is 6. The van der Waals surface area contributed by atoms with Crippen LogP contribution in [0.25, 0.3) is 87.6 Å². The van der Waals surface area contributed by atoms with Crippen molar-refractivity contribution in [3.63, 3.8) is 0 Å². The standard InChI is InChI=1S/C54H35NO/c1-3-11-36(12-4-1)38-23-27-45(28-24-38)55(46-29-25-40-20-22-44-33-54-51(35-49(44)48(40)34-46)47-17-9-10-18-53(47)56-54)52-30-26-43(32-50(52)39-14-5-2-6-15-39)42-21-19-37-13-7-8-16-41(37)31-42/h1-35H. The van der Waals surface area contributed by atoms with Crippen LogP contribution in [0.1, 0.15) is 0 Å². The van der Waals surface area contributed by atoms with Crippen molar-refractivity contribution >= 4 is 71.3 Å². The Bertz CT molecular complexity index is 3230. The van der Waals surface area contributed by atoms with Crippen molar-refractivity contribution in [2.24, 2.45) is 0 Å². The van der Waals surface area contributed by atoms with Crippen LogP contribution < -0.4 is 4.90 Å². The lowest BCUT2D eigenvalue weighted by molar-refractivity contribution is 0.669. The maximum atomic E-state index is 6.30. The van der Waals surface area contributed by atoms with Gasteiger partial charge in [-0.25, -0.2) is 0 Å². The van der Waals surface area contributed by atoms with Crippen LogP contribution in [0.4, 0.5) is 17.1 Å². The molecule has 11 rings (SSSR count). The smallest absolute Gasteiger partial charge is 0.136 e. The molecule has 11 aromatic rings. The van der Waals surface area contributed by atoms with Crippen LogP contribution in [0, 0.1) is 0 Å². The Morgan fingerprint density at radius 1 is 0.286 bits per heavy atom. The number of benzene rings is 10. The second-order valence-electron chi connectivity index (χ2n) is 14.5. The predicted molar refractivity (Wildman–Crippen MR) is 237 cm³/mol. The summed E-state index contributed by atoms with van der Waals surface area (Å²) in [5, 5.41) is 9.51. The molecule has 0 aliphatic carbocycles. The van der Waals surface area contributed by atoms with Gasteiger partial charge in [0.15, 0.2) is 0 Å². The molecule has 0 atom stereocenters. The molecule has 2 heteroatoms. The summed E-state index contributed by atoms with van der Waals surface area (Å²) in [7, 11) is 0. The Labute approximate surface area is 325 Å². The molecule has 0 spiro atoms. The van der Waals surface area contributed by atoms with E-state index in [2.05, 4.69) is 205 Å². The number of fused-ring (bicyclic) bond motifs is 7. The van der Waals surface area contributed by atoms with Crippen molar-refractivity contribution in [2.45, 2.75) is 0 Å². The van der Waals surface area contributed by atoms with Gasteiger partial charge in [-0.3, -0.25) is 0 Å². The molecular formula is C54H35NO. The highest BCUT2D eigenvalue weighted by Crippen LogP contribution is 2.45. The molecule has 56 heavy (non-hydrogen) atoms. The normalized spacial score (nSPS) is 11.6. The van der Waals surface area contributed by atoms with E-state index in [4.69, 9.17) is 4.42 Å². The summed E-state index contributed by atoms with van der Waals surface area (Å²) in [6.45, 7) is 0. The first-order valence-corrected chi connectivity index (χ1v) is 19.2. The van der Waals surface area contributed by atoms with Crippen LogP contribution in [0.2, 0.25) is 0 Å². The third-order valence-corrected chi connectivity index (χ3v) is 11.2. The van der Waals surface area contributed by atoms with Gasteiger partial charge in [0, 0.05) is 27.7 Å². The summed E-state index contributed by atoms with van der Waals surface area (Å²) in [5.41, 5.74) is 12.2. The number of anilines is 3. The average Bonchev–Trinajstić information content (AvgIpc) is 3.64. The summed E-state index contributed by atoms with van der Waals surface area (Å²) in [4.78, 5) is 2.42. The Morgan fingerprint density at radius 3 is 1.71 bits per heavy atom. The van der Waals surface area contributed by atoms with E-state index in [-0.39, 0.29) is 0 Å². The fraction of sp³-hybridized carbons (Fsp3) is 0. The van der Waals surface area contributed by atoms with Gasteiger partial charge in [-0.2, -0.15) is 0 Å². The van der Waals surface area contributed by atoms with Crippen LogP contribution in [-0.2, 0) is 0 Å². The summed E-state index contributed by atoms with van der Waals surface area (Å²) >= 11 is 0. The highest BCUT2D eigenvalue weighted by Gasteiger charge is 2.20. The molecule has 0 fully saturated rings. The van der Waals surface area contributed by atoms with Gasteiger partial charge in [-0.05, 0) is 121 Å². The van der Waals surface area contributed by atoms with Gasteiger partial charge in [-0.1, -0.05) is 152 Å². The van der Waals surface area contributed by atoms with E-state index in [0.717, 1.165) is 55.5 Å². The molecule has 0 saturated heterocycles. The first kappa shape index (κ1) is 32.0. The Hall–Kier alpha value is -7.42. The average molecular weight is 714 g/mol. The van der Waals surface area contributed by atoms with E-state index in [1.165, 1.54) is 49.2 Å². The molecule has 2 nitrogen and oxygen atoms in total. The van der Waals surface area contributed by atoms with Crippen molar-refractivity contribution in [3.8, 4) is 33.4 Å². The molecule has 0 N–H and O–H groups in total. The molecule has 0 aliphatic heterocycles. The maximum Gasteiger partial charge on any atom is 0.136 e. The minimum absolute atomic E-state index is 0.911. The van der Waals surface area contributed by atoms with Crippen LogP contribution in [0.3, 0.4) is 0 Å². The van der Waals surface area contributed by atoms with E-state index in [0.29, 0.717) is 0 Å². The van der Waals surface area contributed by atoms with Gasteiger partial charge in [0.25, 0.3) is 0 Å². The Kier molecular flexibility index (Phi) is 7.53. The zero-order valence-corrected chi connectivity index (χ0v) is 30.6. The predicted octanol–water partition coefficient (Wildman–Crippen LogP) is 15.5. The number of para-hydroxylation sites is 1. The minimum atomic E-state index is 0.911. The van der Waals surface area contributed by atoms with Gasteiger partial charge in [-0.15, -0.1) is 0 Å². The lowest BCUT2D eigenvalue weighted by Gasteiger charge is -2.29. The second-order valence-corrected chi connectivity index (χ2v) is 14.5. The van der Waals surface area contributed by atoms with E-state index in [9.17, 15) is 0 Å². The molecule has 0 unspecified atom stereocenters. The molecule has 0 amide bonds. The molecule has 1 heterocycles. The fourth-order valence-corrected chi connectivity index (χ4v) is 8.39. The first-order chi connectivity index (χ1) is 27.7. The maximum absolute atomic E-state index is 6.30. The summed E-state index contributed by atoms with van der Waals surface area (Å²) in [6, 6.07) is 76.7. The minimum Gasteiger partial charge on any atom is -0.456 e. The molecule has 0 radical (unpaired) electrons. The van der Waals surface area contributed by atoms with Crippen molar-refractivity contribution < 1.29 is 4.42 Å². The highest BCUT2D eigenvalue weighted by atomic mass is 16.3. The van der Waals surface area contributed by atoms with Gasteiger partial charge >= 0.3 is 0 Å². The monoisotopic (exact) mass is 713 g/mol. The third-order valence-electron chi connectivity index (χ3n) is 11.2. The number of furan rings is 1. The number of hydrogen-bond acceptors (Lipinski definition) is 2. The van der Waals surface area contributed by atoms with Crippen LogP contribution in [0.5, 0.6) is 0 Å². The SMILES string of the molecule is c1ccc(-c2ccc(N(c3ccc4ccc5cc6oc7ccccc7c6cc5c4c3)c3ccc(-c4ccc5ccccc5c4)cc3-c3ccccc3)cc2)cc1. The Morgan fingerprint density at radius 2 is 0.875 bits per heavy atom. The zero-order chi connectivity index (χ0) is 37.0. The molecule has 10 aromatic carbocycles. The molecular weight excluding hydrogens is 679 g/mol. The van der Waals surface area contributed by atoms with E-state index >= 15 is 0 Å². The zero-order valence-electron chi connectivity index (χ0n) is 30.6. The molecule has 0 saturated carbocycles. The highest BCUT2D eigenvalue weighted by molar-refractivity contribution is 6.17. The van der Waals surface area contributed by atoms with Crippen LogP contribution >= 0.6 is 0 Å². The first-order valence-electron chi connectivity index (χ1n) is 19.2. The lowest BCUT2D eigenvalue weighted by Crippen LogP contribution is -2.11. The van der Waals surface area contributed by atoms with Crippen molar-refractivity contribution in [1.82, 2.24) is 0 Å². The van der Waals surface area contributed by atoms with Gasteiger partial charge in [0.2, 0.25) is 0 Å². The third kappa shape index (κ3) is 5.51. The second kappa shape index (κ2) is 13.2. The molecule has 0 bridgehead atoms. The summed E-state index contributed by atoms with van der Waals surface area (Å²) < 4.78 is 6.30. The topological polar surface area (TPSA) is 16.4 Å². The van der Waals surface area contributed by atoms with Gasteiger partial charge < -0.3 is 9.32 Å². The summed E-state index contributed by atoms with van der Waals surface area (Å²) in [5.74, 6) is 0. The van der Waals surface area contributed by atoms with E-state index in [1.807, 2.05) is 12.1 Å². The van der Waals surface area contributed by atoms with Gasteiger partial charge in [0.1, 0.15) is 11.2 Å². The fourth-order valence-electron chi connectivity index (χ4n) is 8.39. The van der Waals surface area contributed by atoms with Crippen molar-refractivity contribution in [2.75, 3.05) is 4.90 Å². The van der Waals surface area contributed by atoms with Crippen LogP contribution in [0.15, 0.2) is 217 Å². The van der Waals surface area contributed by atoms with Crippen molar-refractivity contribution in [3.05, 3.63) is 212 Å². The van der Waals surface area contributed by atoms with Crippen LogP contribution in [-0.4, -0.2) is 0 Å². The van der Waals surface area contributed by atoms with E-state index < -0.39 is 0 Å². The Balaban J connectivity index is 1.14. The van der Waals surface area contributed by atoms with Crippen molar-refractivity contribution in [1.29, 1.82) is 0 Å². The lowest BCUT2D eigenvalue weighted by atomic mass is 9.94. The van der Waals surface area contributed by atoms with Gasteiger partial charge in [0.05, 0.1) is 5.69 Å². The molecule has 0 aliphatic rings. The largest absolute Gasteiger partial charge is 0.456 e. The number of nitrogens with zero attached hydrogens (tertiary/aromatic N) is 1.